The van der Waals surface area contributed by atoms with Gasteiger partial charge in [0.15, 0.2) is 0 Å². The number of hydrogen-bond acceptors (Lipinski definition) is 2. The Morgan fingerprint density at radius 2 is 1.88 bits per heavy atom. The fraction of sp³-hybridized carbons (Fsp3) is 1.00. The Balaban J connectivity index is 2.04. The van der Waals surface area contributed by atoms with Crippen LogP contribution in [0.1, 0.15) is 47.5 Å². The van der Waals surface area contributed by atoms with Crippen molar-refractivity contribution < 1.29 is 0 Å². The number of hydrogen-bond donors (Lipinski definition) is 1. The molecule has 1 saturated heterocycles. The summed E-state index contributed by atoms with van der Waals surface area (Å²) < 4.78 is 0. The lowest BCUT2D eigenvalue weighted by Crippen LogP contribution is -2.64. The molecule has 2 heteroatoms. The standard InChI is InChI=1S/C14H28N2/c1-13(2,3)12-8-15-14(4,5)10-16(12)9-11-6-7-11/h11-12,15H,6-10H2,1-5H3. The van der Waals surface area contributed by atoms with Crippen LogP contribution in [0, 0.1) is 11.3 Å². The van der Waals surface area contributed by atoms with Gasteiger partial charge in [0.25, 0.3) is 0 Å². The summed E-state index contributed by atoms with van der Waals surface area (Å²) in [4.78, 5) is 2.74. The highest BCUT2D eigenvalue weighted by atomic mass is 15.3. The molecule has 1 N–H and O–H groups in total. The molecule has 0 spiro atoms. The summed E-state index contributed by atoms with van der Waals surface area (Å²) in [6.07, 6.45) is 2.92. The van der Waals surface area contributed by atoms with Gasteiger partial charge in [-0.2, -0.15) is 0 Å². The first kappa shape index (κ1) is 12.4. The first-order chi connectivity index (χ1) is 7.28. The van der Waals surface area contributed by atoms with Crippen molar-refractivity contribution in [2.75, 3.05) is 19.6 Å². The molecule has 16 heavy (non-hydrogen) atoms. The maximum absolute atomic E-state index is 3.70. The van der Waals surface area contributed by atoms with Gasteiger partial charge in [0, 0.05) is 31.2 Å². The molecule has 0 amide bonds. The normalized spacial score (nSPS) is 31.7. The molecule has 1 aliphatic heterocycles. The Labute approximate surface area is 101 Å². The van der Waals surface area contributed by atoms with Gasteiger partial charge in [0.05, 0.1) is 0 Å². The average Bonchev–Trinajstić information content (AvgIpc) is 2.83. The third kappa shape index (κ3) is 2.98. The van der Waals surface area contributed by atoms with Crippen LogP contribution < -0.4 is 5.32 Å². The SMILES string of the molecule is CC1(C)CN(CC2CC2)C(C(C)(C)C)CN1. The van der Waals surface area contributed by atoms with E-state index in [1.54, 1.807) is 0 Å². The van der Waals surface area contributed by atoms with Gasteiger partial charge in [-0.05, 0) is 38.0 Å². The zero-order chi connectivity index (χ0) is 12.0. The van der Waals surface area contributed by atoms with E-state index in [0.29, 0.717) is 11.5 Å². The van der Waals surface area contributed by atoms with Crippen LogP contribution >= 0.6 is 0 Å². The minimum Gasteiger partial charge on any atom is -0.309 e. The molecule has 1 saturated carbocycles. The Morgan fingerprint density at radius 1 is 1.25 bits per heavy atom. The molecule has 1 atom stereocenters. The summed E-state index contributed by atoms with van der Waals surface area (Å²) in [6, 6.07) is 0.695. The van der Waals surface area contributed by atoms with Crippen molar-refractivity contribution in [3.8, 4) is 0 Å². The molecule has 1 heterocycles. The fourth-order valence-corrected chi connectivity index (χ4v) is 2.85. The number of nitrogens with one attached hydrogen (secondary N) is 1. The highest BCUT2D eigenvalue weighted by Gasteiger charge is 2.40. The summed E-state index contributed by atoms with van der Waals surface area (Å²) in [5, 5.41) is 3.70. The van der Waals surface area contributed by atoms with Crippen molar-refractivity contribution in [1.82, 2.24) is 10.2 Å². The molecule has 1 aliphatic carbocycles. The topological polar surface area (TPSA) is 15.3 Å². The van der Waals surface area contributed by atoms with Crippen LogP contribution in [-0.2, 0) is 0 Å². The third-order valence-corrected chi connectivity index (χ3v) is 4.00. The number of nitrogens with zero attached hydrogens (tertiary/aromatic N) is 1. The van der Waals surface area contributed by atoms with Crippen molar-refractivity contribution >= 4 is 0 Å². The van der Waals surface area contributed by atoms with E-state index in [-0.39, 0.29) is 5.54 Å². The van der Waals surface area contributed by atoms with E-state index < -0.39 is 0 Å². The van der Waals surface area contributed by atoms with E-state index in [4.69, 9.17) is 0 Å². The summed E-state index contributed by atoms with van der Waals surface area (Å²) in [7, 11) is 0. The monoisotopic (exact) mass is 224 g/mol. The molecule has 94 valence electrons. The third-order valence-electron chi connectivity index (χ3n) is 4.00. The lowest BCUT2D eigenvalue weighted by atomic mass is 9.82. The van der Waals surface area contributed by atoms with E-state index in [1.807, 2.05) is 0 Å². The van der Waals surface area contributed by atoms with Crippen LogP contribution in [0.3, 0.4) is 0 Å². The molecule has 2 aliphatic rings. The highest BCUT2D eigenvalue weighted by molar-refractivity contribution is 4.98. The summed E-state index contributed by atoms with van der Waals surface area (Å²) in [5.41, 5.74) is 0.676. The Kier molecular flexibility index (Phi) is 3.09. The van der Waals surface area contributed by atoms with Gasteiger partial charge in [-0.3, -0.25) is 4.90 Å². The smallest absolute Gasteiger partial charge is 0.0270 e. The molecule has 0 aromatic heterocycles. The minimum atomic E-state index is 0.288. The first-order valence-corrected chi connectivity index (χ1v) is 6.77. The summed E-state index contributed by atoms with van der Waals surface area (Å²) in [5.74, 6) is 0.999. The van der Waals surface area contributed by atoms with Gasteiger partial charge >= 0.3 is 0 Å². The summed E-state index contributed by atoms with van der Waals surface area (Å²) in [6.45, 7) is 15.4. The maximum Gasteiger partial charge on any atom is 0.0270 e. The first-order valence-electron chi connectivity index (χ1n) is 6.77. The predicted molar refractivity (Wildman–Crippen MR) is 69.6 cm³/mol. The number of rotatable bonds is 2. The Hall–Kier alpha value is -0.0800. The van der Waals surface area contributed by atoms with Crippen LogP contribution in [0.4, 0.5) is 0 Å². The van der Waals surface area contributed by atoms with Gasteiger partial charge < -0.3 is 5.32 Å². The van der Waals surface area contributed by atoms with E-state index in [0.717, 1.165) is 12.5 Å². The molecule has 0 bridgehead atoms. The van der Waals surface area contributed by atoms with Crippen LogP contribution in [0.15, 0.2) is 0 Å². The van der Waals surface area contributed by atoms with E-state index >= 15 is 0 Å². The van der Waals surface area contributed by atoms with Gasteiger partial charge in [0.2, 0.25) is 0 Å². The van der Waals surface area contributed by atoms with E-state index in [2.05, 4.69) is 44.8 Å². The fourth-order valence-electron chi connectivity index (χ4n) is 2.85. The minimum absolute atomic E-state index is 0.288. The van der Waals surface area contributed by atoms with Crippen LogP contribution in [0.2, 0.25) is 0 Å². The second-order valence-electron chi connectivity index (χ2n) is 7.52. The van der Waals surface area contributed by atoms with Crippen LogP contribution in [0.5, 0.6) is 0 Å². The lowest BCUT2D eigenvalue weighted by Gasteiger charge is -2.49. The summed E-state index contributed by atoms with van der Waals surface area (Å²) >= 11 is 0. The quantitative estimate of drug-likeness (QED) is 0.775. The molecular formula is C14H28N2. The average molecular weight is 224 g/mol. The zero-order valence-corrected chi connectivity index (χ0v) is 11.6. The van der Waals surface area contributed by atoms with Crippen molar-refractivity contribution in [3.05, 3.63) is 0 Å². The maximum atomic E-state index is 3.70. The van der Waals surface area contributed by atoms with Gasteiger partial charge in [-0.15, -0.1) is 0 Å². The zero-order valence-electron chi connectivity index (χ0n) is 11.6. The molecule has 0 aromatic rings. The second-order valence-corrected chi connectivity index (χ2v) is 7.52. The van der Waals surface area contributed by atoms with Crippen molar-refractivity contribution in [1.29, 1.82) is 0 Å². The van der Waals surface area contributed by atoms with Crippen LogP contribution in [0.25, 0.3) is 0 Å². The molecule has 0 radical (unpaired) electrons. The van der Waals surface area contributed by atoms with Gasteiger partial charge in [0.1, 0.15) is 0 Å². The van der Waals surface area contributed by atoms with E-state index in [1.165, 1.54) is 25.9 Å². The predicted octanol–water partition coefficient (Wildman–Crippen LogP) is 2.49. The molecule has 2 fully saturated rings. The van der Waals surface area contributed by atoms with Gasteiger partial charge in [-0.1, -0.05) is 20.8 Å². The largest absolute Gasteiger partial charge is 0.309 e. The molecular weight excluding hydrogens is 196 g/mol. The lowest BCUT2D eigenvalue weighted by molar-refractivity contribution is 0.0299. The molecule has 2 nitrogen and oxygen atoms in total. The van der Waals surface area contributed by atoms with Crippen molar-refractivity contribution in [2.45, 2.75) is 59.0 Å². The molecule has 1 unspecified atom stereocenters. The molecule has 0 aromatic carbocycles. The van der Waals surface area contributed by atoms with Crippen molar-refractivity contribution in [3.63, 3.8) is 0 Å². The van der Waals surface area contributed by atoms with Crippen molar-refractivity contribution in [2.24, 2.45) is 11.3 Å². The second kappa shape index (κ2) is 3.99. The van der Waals surface area contributed by atoms with Crippen LogP contribution in [-0.4, -0.2) is 36.1 Å². The highest BCUT2D eigenvalue weighted by Crippen LogP contribution is 2.35. The number of piperazine rings is 1. The molecule has 2 rings (SSSR count). The van der Waals surface area contributed by atoms with E-state index in [9.17, 15) is 0 Å². The van der Waals surface area contributed by atoms with Gasteiger partial charge in [-0.25, -0.2) is 0 Å². The Bertz CT molecular complexity index is 248. The Morgan fingerprint density at radius 3 is 2.38 bits per heavy atom.